The van der Waals surface area contributed by atoms with Gasteiger partial charge in [-0.3, -0.25) is 0 Å². The molecule has 2 N–H and O–H groups in total. The predicted molar refractivity (Wildman–Crippen MR) is 61.9 cm³/mol. The molecule has 90 valence electrons. The van der Waals surface area contributed by atoms with E-state index in [9.17, 15) is 8.78 Å². The zero-order valence-electron chi connectivity index (χ0n) is 9.40. The van der Waals surface area contributed by atoms with Gasteiger partial charge in [0.1, 0.15) is 5.82 Å². The third kappa shape index (κ3) is 2.61. The van der Waals surface area contributed by atoms with E-state index in [1.54, 1.807) is 22.9 Å². The molecule has 0 amide bonds. The third-order valence-corrected chi connectivity index (χ3v) is 2.47. The maximum absolute atomic E-state index is 12.5. The SMILES string of the molecule is Cc1cc(N)n(Cc2cccc(C(F)F)c2)n1. The number of alkyl halides is 2. The summed E-state index contributed by atoms with van der Waals surface area (Å²) in [5.74, 6) is 0.532. The third-order valence-electron chi connectivity index (χ3n) is 2.47. The van der Waals surface area contributed by atoms with Crippen molar-refractivity contribution in [2.75, 3.05) is 5.73 Å². The van der Waals surface area contributed by atoms with Gasteiger partial charge >= 0.3 is 0 Å². The van der Waals surface area contributed by atoms with Crippen LogP contribution in [0.15, 0.2) is 30.3 Å². The average Bonchev–Trinajstić information content (AvgIpc) is 2.58. The first-order chi connectivity index (χ1) is 8.06. The van der Waals surface area contributed by atoms with Gasteiger partial charge < -0.3 is 5.73 Å². The fourth-order valence-electron chi connectivity index (χ4n) is 1.69. The molecule has 0 bridgehead atoms. The lowest BCUT2D eigenvalue weighted by molar-refractivity contribution is 0.151. The fourth-order valence-corrected chi connectivity index (χ4v) is 1.69. The monoisotopic (exact) mass is 237 g/mol. The fraction of sp³-hybridized carbons (Fsp3) is 0.250. The van der Waals surface area contributed by atoms with Gasteiger partial charge in [0, 0.05) is 11.6 Å². The number of aromatic nitrogens is 2. The topological polar surface area (TPSA) is 43.8 Å². The zero-order chi connectivity index (χ0) is 12.4. The van der Waals surface area contributed by atoms with Crippen molar-refractivity contribution < 1.29 is 8.78 Å². The zero-order valence-corrected chi connectivity index (χ0v) is 9.40. The van der Waals surface area contributed by atoms with Gasteiger partial charge in [0.2, 0.25) is 0 Å². The van der Waals surface area contributed by atoms with Crippen LogP contribution in [0.2, 0.25) is 0 Å². The van der Waals surface area contributed by atoms with Crippen LogP contribution in [0, 0.1) is 6.92 Å². The highest BCUT2D eigenvalue weighted by Crippen LogP contribution is 2.20. The summed E-state index contributed by atoms with van der Waals surface area (Å²) in [6, 6.07) is 8.02. The van der Waals surface area contributed by atoms with Crippen molar-refractivity contribution in [1.82, 2.24) is 9.78 Å². The molecule has 2 aromatic rings. The molecule has 0 aliphatic rings. The molecule has 1 aromatic carbocycles. The Balaban J connectivity index is 2.24. The lowest BCUT2D eigenvalue weighted by atomic mass is 10.1. The van der Waals surface area contributed by atoms with Gasteiger partial charge in [-0.05, 0) is 18.6 Å². The number of halogens is 2. The molecular formula is C12H13F2N3. The number of benzene rings is 1. The first kappa shape index (κ1) is 11.6. The van der Waals surface area contributed by atoms with E-state index in [1.165, 1.54) is 12.1 Å². The minimum atomic E-state index is -2.45. The normalized spacial score (nSPS) is 11.1. The van der Waals surface area contributed by atoms with Crippen molar-refractivity contribution in [2.24, 2.45) is 0 Å². The Morgan fingerprint density at radius 3 is 2.71 bits per heavy atom. The van der Waals surface area contributed by atoms with E-state index in [1.807, 2.05) is 6.92 Å². The second kappa shape index (κ2) is 4.53. The Morgan fingerprint density at radius 2 is 2.12 bits per heavy atom. The number of aryl methyl sites for hydroxylation is 1. The number of anilines is 1. The van der Waals surface area contributed by atoms with Gasteiger partial charge in [0.25, 0.3) is 6.43 Å². The molecule has 0 spiro atoms. The first-order valence-corrected chi connectivity index (χ1v) is 5.23. The van der Waals surface area contributed by atoms with E-state index in [2.05, 4.69) is 5.10 Å². The Morgan fingerprint density at radius 1 is 1.35 bits per heavy atom. The molecule has 2 rings (SSSR count). The molecule has 0 saturated carbocycles. The van der Waals surface area contributed by atoms with Gasteiger partial charge in [0.05, 0.1) is 12.2 Å². The molecule has 0 aliphatic heterocycles. The van der Waals surface area contributed by atoms with Gasteiger partial charge in [-0.25, -0.2) is 13.5 Å². The Bertz CT molecular complexity index is 520. The van der Waals surface area contributed by atoms with E-state index in [-0.39, 0.29) is 5.56 Å². The molecule has 0 fully saturated rings. The second-order valence-corrected chi connectivity index (χ2v) is 3.91. The maximum atomic E-state index is 12.5. The summed E-state index contributed by atoms with van der Waals surface area (Å²) in [6.07, 6.45) is -2.45. The van der Waals surface area contributed by atoms with Crippen molar-refractivity contribution in [3.63, 3.8) is 0 Å². The molecule has 17 heavy (non-hydrogen) atoms. The molecule has 0 aliphatic carbocycles. The van der Waals surface area contributed by atoms with Crippen LogP contribution in [0.4, 0.5) is 14.6 Å². The molecule has 0 unspecified atom stereocenters. The van der Waals surface area contributed by atoms with E-state index in [0.717, 1.165) is 11.3 Å². The van der Waals surface area contributed by atoms with Crippen LogP contribution in [0.3, 0.4) is 0 Å². The summed E-state index contributed by atoms with van der Waals surface area (Å²) in [5, 5.41) is 4.18. The van der Waals surface area contributed by atoms with E-state index >= 15 is 0 Å². The summed E-state index contributed by atoms with van der Waals surface area (Å²) < 4.78 is 26.6. The molecule has 0 radical (unpaired) electrons. The van der Waals surface area contributed by atoms with Crippen molar-refractivity contribution in [2.45, 2.75) is 19.9 Å². The van der Waals surface area contributed by atoms with Crippen LogP contribution in [0.25, 0.3) is 0 Å². The van der Waals surface area contributed by atoms with Gasteiger partial charge in [-0.15, -0.1) is 0 Å². The molecule has 5 heteroatoms. The van der Waals surface area contributed by atoms with E-state index in [4.69, 9.17) is 5.73 Å². The number of nitrogens with zero attached hydrogens (tertiary/aromatic N) is 2. The summed E-state index contributed by atoms with van der Waals surface area (Å²) in [5.41, 5.74) is 7.33. The van der Waals surface area contributed by atoms with Crippen molar-refractivity contribution >= 4 is 5.82 Å². The average molecular weight is 237 g/mol. The highest BCUT2D eigenvalue weighted by molar-refractivity contribution is 5.32. The highest BCUT2D eigenvalue weighted by Gasteiger charge is 2.08. The molecule has 0 atom stereocenters. The van der Waals surface area contributed by atoms with Crippen LogP contribution >= 0.6 is 0 Å². The maximum Gasteiger partial charge on any atom is 0.263 e. The largest absolute Gasteiger partial charge is 0.384 e. The van der Waals surface area contributed by atoms with Gasteiger partial charge in [-0.1, -0.05) is 18.2 Å². The lowest BCUT2D eigenvalue weighted by Gasteiger charge is -2.06. The van der Waals surface area contributed by atoms with Crippen LogP contribution in [-0.4, -0.2) is 9.78 Å². The Labute approximate surface area is 97.9 Å². The summed E-state index contributed by atoms with van der Waals surface area (Å²) in [6.45, 7) is 2.24. The minimum absolute atomic E-state index is 0.0185. The summed E-state index contributed by atoms with van der Waals surface area (Å²) in [4.78, 5) is 0. The van der Waals surface area contributed by atoms with Crippen molar-refractivity contribution in [3.05, 3.63) is 47.2 Å². The Kier molecular flexibility index (Phi) is 3.08. The number of hydrogen-bond donors (Lipinski definition) is 1. The van der Waals surface area contributed by atoms with Crippen molar-refractivity contribution in [1.29, 1.82) is 0 Å². The quantitative estimate of drug-likeness (QED) is 0.892. The van der Waals surface area contributed by atoms with E-state index in [0.29, 0.717) is 12.4 Å². The lowest BCUT2D eigenvalue weighted by Crippen LogP contribution is -2.06. The predicted octanol–water partition coefficient (Wildman–Crippen LogP) is 2.76. The minimum Gasteiger partial charge on any atom is -0.384 e. The number of hydrogen-bond acceptors (Lipinski definition) is 2. The molecule has 0 saturated heterocycles. The number of nitrogen functional groups attached to an aromatic ring is 1. The smallest absolute Gasteiger partial charge is 0.263 e. The van der Waals surface area contributed by atoms with Gasteiger partial charge in [-0.2, -0.15) is 5.10 Å². The van der Waals surface area contributed by atoms with Crippen LogP contribution in [-0.2, 0) is 6.54 Å². The first-order valence-electron chi connectivity index (χ1n) is 5.23. The van der Waals surface area contributed by atoms with E-state index < -0.39 is 6.43 Å². The molecule has 1 heterocycles. The standard InChI is InChI=1S/C12H13F2N3/c1-8-5-11(15)17(16-8)7-9-3-2-4-10(6-9)12(13)14/h2-6,12H,7,15H2,1H3. The second-order valence-electron chi connectivity index (χ2n) is 3.91. The molecule has 1 aromatic heterocycles. The van der Waals surface area contributed by atoms with Crippen LogP contribution in [0.1, 0.15) is 23.2 Å². The number of rotatable bonds is 3. The highest BCUT2D eigenvalue weighted by atomic mass is 19.3. The van der Waals surface area contributed by atoms with Gasteiger partial charge in [0.15, 0.2) is 0 Å². The van der Waals surface area contributed by atoms with Crippen molar-refractivity contribution in [3.8, 4) is 0 Å². The van der Waals surface area contributed by atoms with Crippen LogP contribution < -0.4 is 5.73 Å². The summed E-state index contributed by atoms with van der Waals surface area (Å²) >= 11 is 0. The molecule has 3 nitrogen and oxygen atoms in total. The Hall–Kier alpha value is -1.91. The molecular weight excluding hydrogens is 224 g/mol. The van der Waals surface area contributed by atoms with Crippen LogP contribution in [0.5, 0.6) is 0 Å². The number of nitrogens with two attached hydrogens (primary N) is 1. The summed E-state index contributed by atoms with van der Waals surface area (Å²) in [7, 11) is 0.